The van der Waals surface area contributed by atoms with Gasteiger partial charge in [0, 0.05) is 48.5 Å². The number of pyridine rings is 2. The summed E-state index contributed by atoms with van der Waals surface area (Å²) in [5, 5.41) is 5.46. The standard InChI is InChI=1S/C25H20N6/c1-29-17-30(20-6-8-21(9-7-20)31-13-3-12-28-31)25-22-14-18(19-4-2-11-26-15-19)5-10-23(22)27-16-24(25)29/h2-16H,17H2,1H3. The molecule has 0 saturated carbocycles. The molecular formula is C25H20N6. The number of benzene rings is 2. The van der Waals surface area contributed by atoms with Gasteiger partial charge >= 0.3 is 0 Å². The van der Waals surface area contributed by atoms with Crippen LogP contribution in [0.15, 0.2) is 91.6 Å². The first-order valence-electron chi connectivity index (χ1n) is 10.2. The zero-order valence-corrected chi connectivity index (χ0v) is 17.1. The Bertz CT molecular complexity index is 1360. The highest BCUT2D eigenvalue weighted by molar-refractivity contribution is 6.04. The van der Waals surface area contributed by atoms with Crippen LogP contribution in [0.4, 0.5) is 17.1 Å². The second-order valence-electron chi connectivity index (χ2n) is 7.70. The average molecular weight is 404 g/mol. The van der Waals surface area contributed by atoms with Crippen LogP contribution in [-0.4, -0.2) is 33.5 Å². The summed E-state index contributed by atoms with van der Waals surface area (Å²) in [5.41, 5.74) is 7.72. The minimum absolute atomic E-state index is 0.772. The normalized spacial score (nSPS) is 13.1. The van der Waals surface area contributed by atoms with Gasteiger partial charge in [0.2, 0.25) is 0 Å². The lowest BCUT2D eigenvalue weighted by atomic mass is 10.0. The highest BCUT2D eigenvalue weighted by Crippen LogP contribution is 2.44. The Hall–Kier alpha value is -4.19. The maximum absolute atomic E-state index is 4.72. The van der Waals surface area contributed by atoms with Crippen molar-refractivity contribution in [3.8, 4) is 16.8 Å². The predicted molar refractivity (Wildman–Crippen MR) is 124 cm³/mol. The van der Waals surface area contributed by atoms with E-state index in [9.17, 15) is 0 Å². The Kier molecular flexibility index (Phi) is 3.96. The molecule has 6 rings (SSSR count). The molecule has 0 atom stereocenters. The van der Waals surface area contributed by atoms with E-state index in [1.165, 1.54) is 5.69 Å². The van der Waals surface area contributed by atoms with Gasteiger partial charge in [-0.1, -0.05) is 12.1 Å². The van der Waals surface area contributed by atoms with E-state index in [0.29, 0.717) is 0 Å². The molecule has 2 aromatic carbocycles. The SMILES string of the molecule is CN1CN(c2ccc(-n3cccn3)cc2)c2c1cnc1ccc(-c3cccnc3)cc21. The molecule has 0 bridgehead atoms. The van der Waals surface area contributed by atoms with E-state index in [-0.39, 0.29) is 0 Å². The minimum Gasteiger partial charge on any atom is -0.354 e. The monoisotopic (exact) mass is 404 g/mol. The number of anilines is 3. The molecule has 4 heterocycles. The molecule has 6 nitrogen and oxygen atoms in total. The van der Waals surface area contributed by atoms with Gasteiger partial charge in [-0.3, -0.25) is 9.97 Å². The smallest absolute Gasteiger partial charge is 0.0950 e. The van der Waals surface area contributed by atoms with Crippen molar-refractivity contribution >= 4 is 28.0 Å². The van der Waals surface area contributed by atoms with Crippen LogP contribution in [0.25, 0.3) is 27.7 Å². The van der Waals surface area contributed by atoms with Crippen LogP contribution < -0.4 is 9.80 Å². The first kappa shape index (κ1) is 17.7. The number of fused-ring (bicyclic) bond motifs is 3. The molecule has 6 heteroatoms. The van der Waals surface area contributed by atoms with Gasteiger partial charge in [0.25, 0.3) is 0 Å². The van der Waals surface area contributed by atoms with Gasteiger partial charge in [-0.15, -0.1) is 0 Å². The van der Waals surface area contributed by atoms with E-state index in [0.717, 1.165) is 45.8 Å². The summed E-state index contributed by atoms with van der Waals surface area (Å²) < 4.78 is 1.87. The van der Waals surface area contributed by atoms with Crippen LogP contribution in [0, 0.1) is 0 Å². The first-order chi connectivity index (χ1) is 15.3. The molecule has 0 unspecified atom stereocenters. The summed E-state index contributed by atoms with van der Waals surface area (Å²) in [7, 11) is 2.11. The molecule has 0 N–H and O–H groups in total. The number of rotatable bonds is 3. The Morgan fingerprint density at radius 1 is 0.839 bits per heavy atom. The average Bonchev–Trinajstić information content (AvgIpc) is 3.48. The lowest BCUT2D eigenvalue weighted by molar-refractivity contribution is 0.879. The number of hydrogen-bond acceptors (Lipinski definition) is 5. The maximum atomic E-state index is 4.72. The lowest BCUT2D eigenvalue weighted by Crippen LogP contribution is -2.24. The number of aromatic nitrogens is 4. The summed E-state index contributed by atoms with van der Waals surface area (Å²) in [4.78, 5) is 13.6. The summed E-state index contributed by atoms with van der Waals surface area (Å²) >= 11 is 0. The van der Waals surface area contributed by atoms with Gasteiger partial charge in [0.15, 0.2) is 0 Å². The van der Waals surface area contributed by atoms with Crippen molar-refractivity contribution in [2.45, 2.75) is 0 Å². The fourth-order valence-corrected chi connectivity index (χ4v) is 4.22. The lowest BCUT2D eigenvalue weighted by Gasteiger charge is -2.21. The highest BCUT2D eigenvalue weighted by atomic mass is 15.4. The zero-order chi connectivity index (χ0) is 20.8. The van der Waals surface area contributed by atoms with Gasteiger partial charge in [-0.2, -0.15) is 5.10 Å². The molecule has 0 amide bonds. The second kappa shape index (κ2) is 6.95. The molecule has 0 saturated heterocycles. The first-order valence-corrected chi connectivity index (χ1v) is 10.2. The third kappa shape index (κ3) is 2.92. The van der Waals surface area contributed by atoms with Crippen molar-refractivity contribution in [1.29, 1.82) is 0 Å². The van der Waals surface area contributed by atoms with E-state index >= 15 is 0 Å². The van der Waals surface area contributed by atoms with E-state index in [2.05, 4.69) is 75.5 Å². The van der Waals surface area contributed by atoms with Crippen molar-refractivity contribution < 1.29 is 0 Å². The van der Waals surface area contributed by atoms with Crippen LogP contribution in [0.5, 0.6) is 0 Å². The van der Waals surface area contributed by atoms with Crippen molar-refractivity contribution in [2.75, 3.05) is 23.5 Å². The van der Waals surface area contributed by atoms with Gasteiger partial charge in [0.05, 0.1) is 35.4 Å². The molecule has 150 valence electrons. The van der Waals surface area contributed by atoms with E-state index < -0.39 is 0 Å². The number of nitrogens with zero attached hydrogens (tertiary/aromatic N) is 6. The topological polar surface area (TPSA) is 50.1 Å². The third-order valence-electron chi connectivity index (χ3n) is 5.78. The van der Waals surface area contributed by atoms with E-state index in [4.69, 9.17) is 4.98 Å². The van der Waals surface area contributed by atoms with Crippen molar-refractivity contribution in [2.24, 2.45) is 0 Å². The Morgan fingerprint density at radius 2 is 1.71 bits per heavy atom. The van der Waals surface area contributed by atoms with Crippen LogP contribution >= 0.6 is 0 Å². The van der Waals surface area contributed by atoms with Gasteiger partial charge in [0.1, 0.15) is 0 Å². The van der Waals surface area contributed by atoms with Crippen molar-refractivity contribution in [3.63, 3.8) is 0 Å². The quantitative estimate of drug-likeness (QED) is 0.422. The Labute approximate surface area is 180 Å². The van der Waals surface area contributed by atoms with E-state index in [1.807, 2.05) is 35.4 Å². The number of hydrogen-bond donors (Lipinski definition) is 0. The molecule has 5 aromatic rings. The molecule has 31 heavy (non-hydrogen) atoms. The molecule has 1 aliphatic rings. The maximum Gasteiger partial charge on any atom is 0.0950 e. The summed E-state index contributed by atoms with van der Waals surface area (Å²) in [6.07, 6.45) is 9.41. The van der Waals surface area contributed by atoms with Gasteiger partial charge in [-0.05, 0) is 54.1 Å². The van der Waals surface area contributed by atoms with Crippen LogP contribution in [0.1, 0.15) is 0 Å². The fraction of sp³-hybridized carbons (Fsp3) is 0.0800. The highest BCUT2D eigenvalue weighted by Gasteiger charge is 2.27. The Morgan fingerprint density at radius 3 is 2.48 bits per heavy atom. The molecule has 1 aliphatic heterocycles. The summed E-state index contributed by atoms with van der Waals surface area (Å²) in [6.45, 7) is 0.772. The molecule has 0 spiro atoms. The molecule has 0 radical (unpaired) electrons. The molecule has 0 aliphatic carbocycles. The van der Waals surface area contributed by atoms with Crippen LogP contribution in [-0.2, 0) is 0 Å². The largest absolute Gasteiger partial charge is 0.354 e. The summed E-state index contributed by atoms with van der Waals surface area (Å²) in [5.74, 6) is 0. The van der Waals surface area contributed by atoms with Crippen molar-refractivity contribution in [1.82, 2.24) is 19.7 Å². The fourth-order valence-electron chi connectivity index (χ4n) is 4.22. The summed E-state index contributed by atoms with van der Waals surface area (Å²) in [6, 6.07) is 20.9. The van der Waals surface area contributed by atoms with E-state index in [1.54, 1.807) is 12.4 Å². The molecular weight excluding hydrogens is 384 g/mol. The molecule has 0 fully saturated rings. The Balaban J connectivity index is 1.48. The second-order valence-corrected chi connectivity index (χ2v) is 7.70. The van der Waals surface area contributed by atoms with Crippen LogP contribution in [0.2, 0.25) is 0 Å². The third-order valence-corrected chi connectivity index (χ3v) is 5.78. The van der Waals surface area contributed by atoms with Gasteiger partial charge < -0.3 is 9.80 Å². The predicted octanol–water partition coefficient (Wildman–Crippen LogP) is 5.03. The molecule has 3 aromatic heterocycles. The zero-order valence-electron chi connectivity index (χ0n) is 17.1. The van der Waals surface area contributed by atoms with Crippen molar-refractivity contribution in [3.05, 3.63) is 91.6 Å². The van der Waals surface area contributed by atoms with Gasteiger partial charge in [-0.25, -0.2) is 4.68 Å². The van der Waals surface area contributed by atoms with Crippen LogP contribution in [0.3, 0.4) is 0 Å². The minimum atomic E-state index is 0.772.